The summed E-state index contributed by atoms with van der Waals surface area (Å²) in [5.41, 5.74) is 0.357. The van der Waals surface area contributed by atoms with E-state index in [-0.39, 0.29) is 23.4 Å². The Bertz CT molecular complexity index is 667. The average Bonchev–Trinajstić information content (AvgIpc) is 3.08. The summed E-state index contributed by atoms with van der Waals surface area (Å²) in [6, 6.07) is 5.47. The van der Waals surface area contributed by atoms with Crippen molar-refractivity contribution in [3.8, 4) is 0 Å². The third-order valence-corrected chi connectivity index (χ3v) is 4.39. The van der Waals surface area contributed by atoms with Crippen LogP contribution in [0.4, 0.5) is 11.4 Å². The number of allylic oxidation sites excluding steroid dienone is 2. The molecule has 1 saturated carbocycles. The zero-order chi connectivity index (χ0) is 15.9. The van der Waals surface area contributed by atoms with Gasteiger partial charge in [-0.2, -0.15) is 0 Å². The predicted molar refractivity (Wildman–Crippen MR) is 77.1 cm³/mol. The fourth-order valence-corrected chi connectivity index (χ4v) is 3.41. The first-order chi connectivity index (χ1) is 10.5. The zero-order valence-corrected chi connectivity index (χ0v) is 11.5. The summed E-state index contributed by atoms with van der Waals surface area (Å²) in [5.74, 6) is -2.74. The van der Waals surface area contributed by atoms with Gasteiger partial charge in [-0.25, -0.2) is 0 Å². The van der Waals surface area contributed by atoms with Gasteiger partial charge in [0.25, 0.3) is 5.69 Å². The minimum Gasteiger partial charge on any atom is -0.481 e. The highest BCUT2D eigenvalue weighted by molar-refractivity contribution is 5.96. The molecule has 22 heavy (non-hydrogen) atoms. The minimum absolute atomic E-state index is 0.0517. The molecule has 0 aliphatic heterocycles. The van der Waals surface area contributed by atoms with E-state index in [1.165, 1.54) is 24.3 Å². The Balaban J connectivity index is 1.75. The number of carboxylic acids is 1. The number of carbonyl (C=O) groups is 2. The van der Waals surface area contributed by atoms with E-state index >= 15 is 0 Å². The number of nitrogens with zero attached hydrogens (tertiary/aromatic N) is 1. The number of nitro groups is 1. The minimum atomic E-state index is -0.958. The Morgan fingerprint density at radius 3 is 2.27 bits per heavy atom. The summed E-state index contributed by atoms with van der Waals surface area (Å²) in [6.07, 6.45) is 4.47. The van der Waals surface area contributed by atoms with Gasteiger partial charge in [-0.05, 0) is 30.4 Å². The van der Waals surface area contributed by atoms with Crippen LogP contribution in [0.25, 0.3) is 0 Å². The third kappa shape index (κ3) is 2.34. The molecule has 114 valence electrons. The standard InChI is InChI=1S/C15H14N2O5/c18-14(16-10-3-5-11(6-4-10)17(21)22)12-8-1-2-9(7-8)13(12)15(19)20/h1-6,8-9,12-13H,7H2,(H,16,18)(H,19,20)/t8-,9-,12+,13+/m0/s1. The molecule has 1 aromatic rings. The number of hydrogen-bond acceptors (Lipinski definition) is 4. The molecule has 2 N–H and O–H groups in total. The molecule has 0 unspecified atom stereocenters. The Morgan fingerprint density at radius 1 is 1.14 bits per heavy atom. The molecular weight excluding hydrogens is 288 g/mol. The van der Waals surface area contributed by atoms with Gasteiger partial charge in [0.05, 0.1) is 16.8 Å². The van der Waals surface area contributed by atoms with Crippen LogP contribution in [0, 0.1) is 33.8 Å². The van der Waals surface area contributed by atoms with Crippen LogP contribution in [0.15, 0.2) is 36.4 Å². The first kappa shape index (κ1) is 14.2. The van der Waals surface area contributed by atoms with Crippen molar-refractivity contribution >= 4 is 23.3 Å². The molecule has 2 bridgehead atoms. The second kappa shape index (κ2) is 5.25. The molecule has 1 amide bonds. The molecule has 0 spiro atoms. The van der Waals surface area contributed by atoms with Crippen molar-refractivity contribution in [3.05, 3.63) is 46.5 Å². The fourth-order valence-electron chi connectivity index (χ4n) is 3.41. The van der Waals surface area contributed by atoms with Crippen LogP contribution in [0.2, 0.25) is 0 Å². The largest absolute Gasteiger partial charge is 0.481 e. The number of rotatable bonds is 4. The van der Waals surface area contributed by atoms with Crippen molar-refractivity contribution < 1.29 is 19.6 Å². The number of fused-ring (bicyclic) bond motifs is 2. The maximum atomic E-state index is 12.4. The molecule has 0 heterocycles. The fraction of sp³-hybridized carbons (Fsp3) is 0.333. The summed E-state index contributed by atoms with van der Waals surface area (Å²) in [7, 11) is 0. The van der Waals surface area contributed by atoms with E-state index in [4.69, 9.17) is 0 Å². The molecule has 0 radical (unpaired) electrons. The molecule has 3 rings (SSSR count). The van der Waals surface area contributed by atoms with E-state index in [1.54, 1.807) is 0 Å². The first-order valence-corrected chi connectivity index (χ1v) is 6.94. The van der Waals surface area contributed by atoms with Gasteiger partial charge in [0, 0.05) is 17.8 Å². The molecule has 0 aromatic heterocycles. The van der Waals surface area contributed by atoms with Crippen molar-refractivity contribution in [2.45, 2.75) is 6.42 Å². The second-order valence-electron chi connectivity index (χ2n) is 5.63. The number of nitro benzene ring substituents is 1. The predicted octanol–water partition coefficient (Wildman–Crippen LogP) is 2.06. The number of aliphatic carboxylic acids is 1. The number of carbonyl (C=O) groups excluding carboxylic acids is 1. The third-order valence-electron chi connectivity index (χ3n) is 4.39. The van der Waals surface area contributed by atoms with Crippen LogP contribution in [-0.4, -0.2) is 21.9 Å². The lowest BCUT2D eigenvalue weighted by molar-refractivity contribution is -0.384. The smallest absolute Gasteiger partial charge is 0.307 e. The molecule has 7 nitrogen and oxygen atoms in total. The average molecular weight is 302 g/mol. The lowest BCUT2D eigenvalue weighted by Crippen LogP contribution is -2.36. The maximum Gasteiger partial charge on any atom is 0.307 e. The molecule has 7 heteroatoms. The Labute approximate surface area is 125 Å². The van der Waals surface area contributed by atoms with E-state index in [0.717, 1.165) is 0 Å². The quantitative estimate of drug-likeness (QED) is 0.502. The van der Waals surface area contributed by atoms with Crippen molar-refractivity contribution in [1.29, 1.82) is 0 Å². The van der Waals surface area contributed by atoms with E-state index in [9.17, 15) is 24.8 Å². The summed E-state index contributed by atoms with van der Waals surface area (Å²) in [5, 5.41) is 22.6. The second-order valence-corrected chi connectivity index (χ2v) is 5.63. The van der Waals surface area contributed by atoms with Gasteiger partial charge in [-0.3, -0.25) is 19.7 Å². The van der Waals surface area contributed by atoms with Crippen molar-refractivity contribution in [2.75, 3.05) is 5.32 Å². The monoisotopic (exact) mass is 302 g/mol. The summed E-state index contributed by atoms with van der Waals surface area (Å²) >= 11 is 0. The van der Waals surface area contributed by atoms with Crippen molar-refractivity contribution in [1.82, 2.24) is 0 Å². The number of anilines is 1. The van der Waals surface area contributed by atoms with Gasteiger partial charge < -0.3 is 10.4 Å². The number of non-ortho nitro benzene ring substituents is 1. The normalized spacial score (nSPS) is 28.5. The van der Waals surface area contributed by atoms with Crippen LogP contribution in [0.1, 0.15) is 6.42 Å². The number of benzene rings is 1. The van der Waals surface area contributed by atoms with Gasteiger partial charge in [-0.1, -0.05) is 12.2 Å². The lowest BCUT2D eigenvalue weighted by Gasteiger charge is -2.23. The summed E-state index contributed by atoms with van der Waals surface area (Å²) in [4.78, 5) is 33.9. The highest BCUT2D eigenvalue weighted by Crippen LogP contribution is 2.48. The molecule has 1 fully saturated rings. The van der Waals surface area contributed by atoms with E-state index < -0.39 is 22.7 Å². The van der Waals surface area contributed by atoms with E-state index in [1.807, 2.05) is 12.2 Å². The SMILES string of the molecule is O=C(O)[C@H]1[C@H](C(=O)Nc2ccc([N+](=O)[O-])cc2)[C@H]2C=C[C@H]1C2. The van der Waals surface area contributed by atoms with Crippen molar-refractivity contribution in [2.24, 2.45) is 23.7 Å². The number of hydrogen-bond donors (Lipinski definition) is 2. The Hall–Kier alpha value is -2.70. The van der Waals surface area contributed by atoms with E-state index in [2.05, 4.69) is 5.32 Å². The van der Waals surface area contributed by atoms with Gasteiger partial charge >= 0.3 is 5.97 Å². The Morgan fingerprint density at radius 2 is 1.73 bits per heavy atom. The highest BCUT2D eigenvalue weighted by atomic mass is 16.6. The van der Waals surface area contributed by atoms with Gasteiger partial charge in [-0.15, -0.1) is 0 Å². The number of amides is 1. The van der Waals surface area contributed by atoms with Crippen LogP contribution in [0.3, 0.4) is 0 Å². The molecule has 2 aliphatic rings. The van der Waals surface area contributed by atoms with E-state index in [0.29, 0.717) is 12.1 Å². The van der Waals surface area contributed by atoms with Crippen LogP contribution in [0.5, 0.6) is 0 Å². The van der Waals surface area contributed by atoms with Gasteiger partial charge in [0.2, 0.25) is 5.91 Å². The number of nitrogens with one attached hydrogen (secondary N) is 1. The van der Waals surface area contributed by atoms with Gasteiger partial charge in [0.1, 0.15) is 0 Å². The van der Waals surface area contributed by atoms with Crippen LogP contribution in [-0.2, 0) is 9.59 Å². The molecule has 1 aromatic carbocycles. The first-order valence-electron chi connectivity index (χ1n) is 6.94. The summed E-state index contributed by atoms with van der Waals surface area (Å²) < 4.78 is 0. The lowest BCUT2D eigenvalue weighted by atomic mass is 9.82. The van der Waals surface area contributed by atoms with Crippen LogP contribution < -0.4 is 5.32 Å². The molecule has 4 atom stereocenters. The van der Waals surface area contributed by atoms with Crippen molar-refractivity contribution in [3.63, 3.8) is 0 Å². The molecular formula is C15H14N2O5. The highest BCUT2D eigenvalue weighted by Gasteiger charge is 2.51. The zero-order valence-electron chi connectivity index (χ0n) is 11.5. The summed E-state index contributed by atoms with van der Waals surface area (Å²) in [6.45, 7) is 0. The van der Waals surface area contributed by atoms with Gasteiger partial charge in [0.15, 0.2) is 0 Å². The van der Waals surface area contributed by atoms with Crippen LogP contribution >= 0.6 is 0 Å². The molecule has 2 aliphatic carbocycles. The number of carboxylic acid groups (broad SMARTS) is 1. The maximum absolute atomic E-state index is 12.4. The topological polar surface area (TPSA) is 110 Å². The molecule has 0 saturated heterocycles. The Kier molecular flexibility index (Phi) is 3.40.